The van der Waals surface area contributed by atoms with Crippen LogP contribution in [0, 0.1) is 29.1 Å². The van der Waals surface area contributed by atoms with E-state index in [1.54, 1.807) is 11.9 Å². The van der Waals surface area contributed by atoms with Gasteiger partial charge in [-0.15, -0.1) is 0 Å². The first-order chi connectivity index (χ1) is 22.9. The molecular formula is C34H59N7O7S. The maximum absolute atomic E-state index is 14.6. The Hall–Kier alpha value is -2.78. The van der Waals surface area contributed by atoms with Crippen molar-refractivity contribution in [2.75, 3.05) is 33.2 Å². The molecule has 14 nitrogen and oxygen atoms in total. The second-order valence-corrected chi connectivity index (χ2v) is 18.2. The number of likely N-dealkylation sites (tertiary alicyclic amines) is 1. The zero-order chi connectivity index (χ0) is 36.3. The molecule has 0 spiro atoms. The summed E-state index contributed by atoms with van der Waals surface area (Å²) in [6, 6.07) is -3.94. The Balaban J connectivity index is 1.55. The molecule has 5 amide bonds. The molecule has 2 aliphatic heterocycles. The fourth-order valence-electron chi connectivity index (χ4n) is 7.39. The molecule has 2 saturated heterocycles. The van der Waals surface area contributed by atoms with E-state index in [0.29, 0.717) is 38.9 Å². The van der Waals surface area contributed by atoms with Crippen molar-refractivity contribution in [3.63, 3.8) is 0 Å². The molecule has 5 atom stereocenters. The average Bonchev–Trinajstić information content (AvgIpc) is 3.73. The van der Waals surface area contributed by atoms with Crippen LogP contribution in [0.4, 0.5) is 4.79 Å². The molecule has 4 rings (SSSR count). The minimum Gasteiger partial charge on any atom is -0.363 e. The number of hydrogen-bond donors (Lipinski definition) is 4. The number of amides is 5. The van der Waals surface area contributed by atoms with Gasteiger partial charge in [0.25, 0.3) is 16.1 Å². The predicted octanol–water partition coefficient (Wildman–Crippen LogP) is 1.74. The lowest BCUT2D eigenvalue weighted by molar-refractivity contribution is -0.143. The Morgan fingerprint density at radius 1 is 0.878 bits per heavy atom. The summed E-state index contributed by atoms with van der Waals surface area (Å²) < 4.78 is 28.8. The SMILES string of the molecule is CC(C)[C@@H]1C[C@@H](C(=O)NC(CC2CC2)C(=O)C(N)=O)N(C(=O)[C@@H](NC(=O)N[C@H](CN2CCCN(C)S2(=O)=O)C(C)(C)C)C2CCCCC2)C1. The number of Topliss-reactive ketones (excluding diaryl/α,β-unsaturated/α-hetero) is 1. The Labute approximate surface area is 292 Å². The van der Waals surface area contributed by atoms with Gasteiger partial charge in [0.15, 0.2) is 0 Å². The van der Waals surface area contributed by atoms with Crippen LogP contribution >= 0.6 is 0 Å². The van der Waals surface area contributed by atoms with Crippen molar-refractivity contribution in [1.29, 1.82) is 0 Å². The maximum Gasteiger partial charge on any atom is 0.315 e. The summed E-state index contributed by atoms with van der Waals surface area (Å²) in [5.41, 5.74) is 4.81. The van der Waals surface area contributed by atoms with Crippen LogP contribution in [0.3, 0.4) is 0 Å². The number of urea groups is 1. The first-order valence-electron chi connectivity index (χ1n) is 18.1. The molecule has 0 radical (unpaired) electrons. The van der Waals surface area contributed by atoms with E-state index < -0.39 is 63.4 Å². The van der Waals surface area contributed by atoms with E-state index in [9.17, 15) is 32.4 Å². The van der Waals surface area contributed by atoms with Gasteiger partial charge < -0.3 is 26.6 Å². The molecule has 4 aliphatic rings. The molecule has 49 heavy (non-hydrogen) atoms. The van der Waals surface area contributed by atoms with Crippen molar-refractivity contribution < 1.29 is 32.4 Å². The zero-order valence-corrected chi connectivity index (χ0v) is 31.0. The van der Waals surface area contributed by atoms with Crippen LogP contribution in [-0.2, 0) is 29.4 Å². The molecule has 0 aromatic carbocycles. The molecule has 0 aromatic heterocycles. The van der Waals surface area contributed by atoms with E-state index in [2.05, 4.69) is 16.0 Å². The Kier molecular flexibility index (Phi) is 12.8. The van der Waals surface area contributed by atoms with Gasteiger partial charge in [0.2, 0.25) is 17.6 Å². The summed E-state index contributed by atoms with van der Waals surface area (Å²) in [5, 5.41) is 8.74. The topological polar surface area (TPSA) is 191 Å². The van der Waals surface area contributed by atoms with Crippen molar-refractivity contribution in [2.24, 2.45) is 34.8 Å². The van der Waals surface area contributed by atoms with Crippen molar-refractivity contribution in [2.45, 2.75) is 123 Å². The van der Waals surface area contributed by atoms with Crippen LogP contribution in [0.25, 0.3) is 0 Å². The monoisotopic (exact) mass is 709 g/mol. The summed E-state index contributed by atoms with van der Waals surface area (Å²) in [7, 11) is -2.11. The number of hydrogen-bond acceptors (Lipinski definition) is 7. The molecule has 0 aromatic rings. The van der Waals surface area contributed by atoms with Gasteiger partial charge in [0.05, 0.1) is 6.04 Å². The summed E-state index contributed by atoms with van der Waals surface area (Å²) in [4.78, 5) is 68.2. The highest BCUT2D eigenvalue weighted by Gasteiger charge is 2.46. The number of carbonyl (C=O) groups excluding carboxylic acids is 5. The molecule has 0 bridgehead atoms. The highest BCUT2D eigenvalue weighted by molar-refractivity contribution is 7.86. The number of nitrogens with two attached hydrogens (primary N) is 1. The third kappa shape index (κ3) is 9.93. The molecule has 1 unspecified atom stereocenters. The van der Waals surface area contributed by atoms with E-state index in [1.165, 1.54) is 8.61 Å². The Morgan fingerprint density at radius 2 is 1.53 bits per heavy atom. The normalized spacial score (nSPS) is 25.7. The predicted molar refractivity (Wildman–Crippen MR) is 185 cm³/mol. The van der Waals surface area contributed by atoms with Gasteiger partial charge in [0, 0.05) is 39.3 Å². The molecule has 2 saturated carbocycles. The number of nitrogens with zero attached hydrogens (tertiary/aromatic N) is 3. The van der Waals surface area contributed by atoms with E-state index in [0.717, 1.165) is 44.9 Å². The summed E-state index contributed by atoms with van der Waals surface area (Å²) in [6.07, 6.45) is 7.59. The smallest absolute Gasteiger partial charge is 0.315 e. The van der Waals surface area contributed by atoms with Crippen LogP contribution in [0.15, 0.2) is 0 Å². The minimum atomic E-state index is -3.66. The zero-order valence-electron chi connectivity index (χ0n) is 30.2. The Bertz CT molecular complexity index is 1340. The Morgan fingerprint density at radius 3 is 2.10 bits per heavy atom. The number of rotatable bonds is 13. The van der Waals surface area contributed by atoms with E-state index in [4.69, 9.17) is 5.73 Å². The molecular weight excluding hydrogens is 650 g/mol. The third-order valence-electron chi connectivity index (χ3n) is 11.0. The second kappa shape index (κ2) is 16.1. The highest BCUT2D eigenvalue weighted by Crippen LogP contribution is 2.35. The molecule has 15 heteroatoms. The van der Waals surface area contributed by atoms with Gasteiger partial charge >= 0.3 is 6.03 Å². The minimum absolute atomic E-state index is 0.0177. The van der Waals surface area contributed by atoms with Gasteiger partial charge in [-0.2, -0.15) is 17.0 Å². The quantitative estimate of drug-likeness (QED) is 0.209. The van der Waals surface area contributed by atoms with Gasteiger partial charge in [-0.25, -0.2) is 4.79 Å². The van der Waals surface area contributed by atoms with Crippen molar-refractivity contribution >= 4 is 39.7 Å². The molecule has 4 fully saturated rings. The maximum atomic E-state index is 14.6. The van der Waals surface area contributed by atoms with Crippen molar-refractivity contribution in [3.8, 4) is 0 Å². The summed E-state index contributed by atoms with van der Waals surface area (Å²) in [6.45, 7) is 11.1. The van der Waals surface area contributed by atoms with Crippen LogP contribution in [0.1, 0.15) is 98.8 Å². The lowest BCUT2D eigenvalue weighted by atomic mass is 9.83. The van der Waals surface area contributed by atoms with Crippen molar-refractivity contribution in [1.82, 2.24) is 29.5 Å². The fourth-order valence-corrected chi connectivity index (χ4v) is 8.84. The number of ketones is 1. The number of primary amides is 1. The second-order valence-electron chi connectivity index (χ2n) is 16.2. The van der Waals surface area contributed by atoms with Gasteiger partial charge in [-0.3, -0.25) is 19.2 Å². The van der Waals surface area contributed by atoms with Crippen molar-refractivity contribution in [3.05, 3.63) is 0 Å². The largest absolute Gasteiger partial charge is 0.363 e. The summed E-state index contributed by atoms with van der Waals surface area (Å²) >= 11 is 0. The molecule has 5 N–H and O–H groups in total. The first kappa shape index (κ1) is 39.0. The van der Waals surface area contributed by atoms with Gasteiger partial charge in [0.1, 0.15) is 12.1 Å². The van der Waals surface area contributed by atoms with Crippen LogP contribution in [-0.4, -0.2) is 109 Å². The molecule has 2 heterocycles. The van der Waals surface area contributed by atoms with Crippen LogP contribution < -0.4 is 21.7 Å². The standard InChI is InChI=1S/C34H59N7O7S/c1-21(2)24-18-26(31(44)36-25(17-22-13-14-22)29(42)30(35)43)41(19-24)32(45)28(23-11-8-7-9-12-23)38-33(46)37-27(34(3,4)5)20-40-16-10-15-39(6)49(40,47)48/h21-28H,7-20H2,1-6H3,(H2,35,43)(H,36,44)(H2,37,38,46)/t24-,25?,26+,27-,28+/m1/s1. The lowest BCUT2D eigenvalue weighted by Crippen LogP contribution is -2.61. The van der Waals surface area contributed by atoms with E-state index >= 15 is 0 Å². The molecule has 278 valence electrons. The van der Waals surface area contributed by atoms with Gasteiger partial charge in [-0.1, -0.05) is 66.7 Å². The highest BCUT2D eigenvalue weighted by atomic mass is 32.2. The van der Waals surface area contributed by atoms with E-state index in [1.807, 2.05) is 34.6 Å². The first-order valence-corrected chi connectivity index (χ1v) is 19.5. The van der Waals surface area contributed by atoms with Crippen LogP contribution in [0.2, 0.25) is 0 Å². The summed E-state index contributed by atoms with van der Waals surface area (Å²) in [5.74, 6) is -2.50. The third-order valence-corrected chi connectivity index (χ3v) is 13.0. The number of nitrogens with one attached hydrogen (secondary N) is 3. The number of carbonyl (C=O) groups is 5. The lowest BCUT2D eigenvalue weighted by Gasteiger charge is -2.39. The van der Waals surface area contributed by atoms with E-state index in [-0.39, 0.29) is 36.1 Å². The fraction of sp³-hybridized carbons (Fsp3) is 0.853. The van der Waals surface area contributed by atoms with Crippen LogP contribution in [0.5, 0.6) is 0 Å². The van der Waals surface area contributed by atoms with Gasteiger partial charge in [-0.05, 0) is 61.2 Å². The molecule has 2 aliphatic carbocycles. The average molecular weight is 710 g/mol.